The van der Waals surface area contributed by atoms with Crippen LogP contribution in [0.25, 0.3) is 0 Å². The molecule has 0 bridgehead atoms. The van der Waals surface area contributed by atoms with Crippen molar-refractivity contribution in [1.29, 1.82) is 0 Å². The van der Waals surface area contributed by atoms with Crippen LogP contribution in [0.4, 0.5) is 5.69 Å². The molecule has 0 aliphatic rings. The summed E-state index contributed by atoms with van der Waals surface area (Å²) in [5, 5.41) is 8.69. The van der Waals surface area contributed by atoms with Gasteiger partial charge < -0.3 is 10.8 Å². The van der Waals surface area contributed by atoms with Crippen molar-refractivity contribution in [1.82, 2.24) is 0 Å². The predicted molar refractivity (Wildman–Crippen MR) is 67.7 cm³/mol. The fraction of sp³-hybridized carbons (Fsp3) is 0.417. The first-order chi connectivity index (χ1) is 7.41. The maximum atomic E-state index is 11.1. The second-order valence-corrected chi connectivity index (χ2v) is 5.33. The number of nitrogens with two attached hydrogens (primary N) is 1. The van der Waals surface area contributed by atoms with Gasteiger partial charge in [-0.25, -0.2) is 0 Å². The zero-order chi connectivity index (χ0) is 12.3. The molecule has 0 fully saturated rings. The molecular weight excluding hydrogens is 222 g/mol. The number of carboxylic acids is 1. The molecule has 16 heavy (non-hydrogen) atoms. The van der Waals surface area contributed by atoms with Gasteiger partial charge in [0.1, 0.15) is 5.25 Å². The number of rotatable bonds is 4. The molecule has 1 aromatic rings. The van der Waals surface area contributed by atoms with Crippen molar-refractivity contribution in [2.24, 2.45) is 5.92 Å². The highest BCUT2D eigenvalue weighted by atomic mass is 32.2. The Balaban J connectivity index is 2.90. The van der Waals surface area contributed by atoms with E-state index >= 15 is 0 Å². The number of hydrogen-bond donors (Lipinski definition) is 2. The monoisotopic (exact) mass is 239 g/mol. The summed E-state index contributed by atoms with van der Waals surface area (Å²) in [7, 11) is 0. The van der Waals surface area contributed by atoms with Gasteiger partial charge in [-0.3, -0.25) is 4.79 Å². The summed E-state index contributed by atoms with van der Waals surface area (Å²) in [6, 6.07) is 5.55. The lowest BCUT2D eigenvalue weighted by atomic mass is 10.1. The Morgan fingerprint density at radius 2 is 2.06 bits per heavy atom. The Kier molecular flexibility index (Phi) is 4.24. The second kappa shape index (κ2) is 5.25. The Morgan fingerprint density at radius 3 is 2.50 bits per heavy atom. The summed E-state index contributed by atoms with van der Waals surface area (Å²) in [6.45, 7) is 5.77. The topological polar surface area (TPSA) is 63.3 Å². The van der Waals surface area contributed by atoms with Gasteiger partial charge in [-0.05, 0) is 36.6 Å². The number of carboxylic acid groups (broad SMARTS) is 1. The molecule has 1 unspecified atom stereocenters. The average molecular weight is 239 g/mol. The minimum Gasteiger partial charge on any atom is -0.480 e. The van der Waals surface area contributed by atoms with Crippen LogP contribution in [0.15, 0.2) is 23.1 Å². The third-order valence-corrected chi connectivity index (χ3v) is 4.01. The zero-order valence-corrected chi connectivity index (χ0v) is 10.5. The van der Waals surface area contributed by atoms with Crippen molar-refractivity contribution >= 4 is 23.4 Å². The van der Waals surface area contributed by atoms with Crippen LogP contribution >= 0.6 is 11.8 Å². The average Bonchev–Trinajstić information content (AvgIpc) is 2.15. The molecule has 0 aliphatic carbocycles. The van der Waals surface area contributed by atoms with Crippen molar-refractivity contribution in [2.75, 3.05) is 5.73 Å². The summed E-state index contributed by atoms with van der Waals surface area (Å²) >= 11 is 1.39. The van der Waals surface area contributed by atoms with Crippen LogP contribution in [0.1, 0.15) is 19.4 Å². The number of carbonyl (C=O) groups is 1. The molecule has 0 spiro atoms. The van der Waals surface area contributed by atoms with Crippen LogP contribution in [0.3, 0.4) is 0 Å². The van der Waals surface area contributed by atoms with E-state index in [1.165, 1.54) is 11.8 Å². The lowest BCUT2D eigenvalue weighted by molar-refractivity contribution is -0.137. The fourth-order valence-corrected chi connectivity index (χ4v) is 2.45. The van der Waals surface area contributed by atoms with Gasteiger partial charge in [0.2, 0.25) is 0 Å². The molecule has 0 saturated carbocycles. The van der Waals surface area contributed by atoms with Gasteiger partial charge in [-0.1, -0.05) is 13.8 Å². The molecule has 3 nitrogen and oxygen atoms in total. The van der Waals surface area contributed by atoms with Gasteiger partial charge in [0.15, 0.2) is 0 Å². The van der Waals surface area contributed by atoms with Gasteiger partial charge in [-0.15, -0.1) is 11.8 Å². The molecule has 4 heteroatoms. The first kappa shape index (κ1) is 12.9. The van der Waals surface area contributed by atoms with Gasteiger partial charge in [-0.2, -0.15) is 0 Å². The Bertz CT molecular complexity index is 391. The quantitative estimate of drug-likeness (QED) is 0.626. The van der Waals surface area contributed by atoms with Crippen LogP contribution in [0, 0.1) is 12.8 Å². The van der Waals surface area contributed by atoms with Crippen molar-refractivity contribution in [3.8, 4) is 0 Å². The van der Waals surface area contributed by atoms with Gasteiger partial charge in [0.25, 0.3) is 0 Å². The number of aliphatic carboxylic acids is 1. The highest BCUT2D eigenvalue weighted by Gasteiger charge is 2.23. The lowest BCUT2D eigenvalue weighted by Gasteiger charge is -2.17. The van der Waals surface area contributed by atoms with E-state index in [1.807, 2.05) is 32.9 Å². The van der Waals surface area contributed by atoms with Crippen molar-refractivity contribution in [2.45, 2.75) is 30.9 Å². The third kappa shape index (κ3) is 3.17. The molecule has 0 amide bonds. The first-order valence-corrected chi connectivity index (χ1v) is 6.05. The second-order valence-electron chi connectivity index (χ2n) is 4.15. The molecule has 0 saturated heterocycles. The number of thioether (sulfide) groups is 1. The maximum absolute atomic E-state index is 11.1. The molecule has 1 aromatic carbocycles. The first-order valence-electron chi connectivity index (χ1n) is 5.17. The van der Waals surface area contributed by atoms with E-state index in [4.69, 9.17) is 10.8 Å². The number of benzene rings is 1. The fourth-order valence-electron chi connectivity index (χ4n) is 1.41. The zero-order valence-electron chi connectivity index (χ0n) is 9.73. The Morgan fingerprint density at radius 1 is 1.44 bits per heavy atom. The molecule has 1 rings (SSSR count). The summed E-state index contributed by atoms with van der Waals surface area (Å²) < 4.78 is 0. The smallest absolute Gasteiger partial charge is 0.317 e. The van der Waals surface area contributed by atoms with E-state index in [9.17, 15) is 4.79 Å². The molecule has 0 aromatic heterocycles. The van der Waals surface area contributed by atoms with E-state index < -0.39 is 11.2 Å². The van der Waals surface area contributed by atoms with Crippen molar-refractivity contribution < 1.29 is 9.90 Å². The summed E-state index contributed by atoms with van der Waals surface area (Å²) in [5.41, 5.74) is 7.38. The number of anilines is 1. The van der Waals surface area contributed by atoms with Crippen LogP contribution in [0.2, 0.25) is 0 Å². The summed E-state index contributed by atoms with van der Waals surface area (Å²) in [4.78, 5) is 12.1. The van der Waals surface area contributed by atoms with Crippen LogP contribution in [0.5, 0.6) is 0 Å². The van der Waals surface area contributed by atoms with Crippen molar-refractivity contribution in [3.05, 3.63) is 23.8 Å². The van der Waals surface area contributed by atoms with E-state index in [0.717, 1.165) is 10.5 Å². The SMILES string of the molecule is Cc1cc(N)ccc1SC(C(=O)O)C(C)C. The predicted octanol–water partition coefficient (Wildman–Crippen LogP) is 2.78. The molecule has 1 atom stereocenters. The van der Waals surface area contributed by atoms with Crippen molar-refractivity contribution in [3.63, 3.8) is 0 Å². The molecular formula is C12H17NO2S. The molecule has 0 aliphatic heterocycles. The minimum atomic E-state index is -0.767. The van der Waals surface area contributed by atoms with Crippen LogP contribution < -0.4 is 5.73 Å². The lowest BCUT2D eigenvalue weighted by Crippen LogP contribution is -2.22. The minimum absolute atomic E-state index is 0.0967. The summed E-state index contributed by atoms with van der Waals surface area (Å²) in [5.74, 6) is -0.671. The Hall–Kier alpha value is -1.16. The molecule has 3 N–H and O–H groups in total. The van der Waals surface area contributed by atoms with Crippen LogP contribution in [-0.4, -0.2) is 16.3 Å². The summed E-state index contributed by atoms with van der Waals surface area (Å²) in [6.07, 6.45) is 0. The maximum Gasteiger partial charge on any atom is 0.317 e. The van der Waals surface area contributed by atoms with Gasteiger partial charge in [0.05, 0.1) is 0 Å². The normalized spacial score (nSPS) is 12.8. The number of nitrogen functional groups attached to an aromatic ring is 1. The van der Waals surface area contributed by atoms with Gasteiger partial charge >= 0.3 is 5.97 Å². The van der Waals surface area contributed by atoms with Gasteiger partial charge in [0, 0.05) is 10.6 Å². The molecule has 88 valence electrons. The Labute approximate surface area is 100 Å². The standard InChI is InChI=1S/C12H17NO2S/c1-7(2)11(12(14)15)16-10-5-4-9(13)6-8(10)3/h4-7,11H,13H2,1-3H3,(H,14,15). The number of aryl methyl sites for hydroxylation is 1. The highest BCUT2D eigenvalue weighted by Crippen LogP contribution is 2.31. The third-order valence-electron chi connectivity index (χ3n) is 2.30. The van der Waals surface area contributed by atoms with E-state index in [-0.39, 0.29) is 5.92 Å². The highest BCUT2D eigenvalue weighted by molar-refractivity contribution is 8.00. The largest absolute Gasteiger partial charge is 0.480 e. The number of hydrogen-bond acceptors (Lipinski definition) is 3. The molecule has 0 heterocycles. The molecule has 0 radical (unpaired) electrons. The van der Waals surface area contributed by atoms with E-state index in [0.29, 0.717) is 5.69 Å². The van der Waals surface area contributed by atoms with E-state index in [2.05, 4.69) is 0 Å². The van der Waals surface area contributed by atoms with E-state index in [1.54, 1.807) is 6.07 Å². The van der Waals surface area contributed by atoms with Crippen LogP contribution in [-0.2, 0) is 4.79 Å².